The normalized spacial score (nSPS) is 13.7. The lowest BCUT2D eigenvalue weighted by Gasteiger charge is -2.35. The molecule has 0 spiro atoms. The molecule has 1 fully saturated rings. The van der Waals surface area contributed by atoms with Gasteiger partial charge in [-0.2, -0.15) is 0 Å². The molecular formula is C28H29N5O2. The monoisotopic (exact) mass is 467 g/mol. The minimum Gasteiger partial charge on any atom is -0.348 e. The summed E-state index contributed by atoms with van der Waals surface area (Å²) in [6.07, 6.45) is 0. The zero-order valence-corrected chi connectivity index (χ0v) is 19.9. The lowest BCUT2D eigenvalue weighted by atomic mass is 10.1. The first-order valence-corrected chi connectivity index (χ1v) is 12.0. The average Bonchev–Trinajstić information content (AvgIpc) is 2.90. The molecule has 7 heteroatoms. The van der Waals surface area contributed by atoms with Crippen LogP contribution in [0.5, 0.6) is 0 Å². The number of benzene rings is 3. The molecule has 1 aliphatic heterocycles. The number of aryl methyl sites for hydroxylation is 1. The van der Waals surface area contributed by atoms with Crippen LogP contribution in [-0.2, 0) is 13.1 Å². The maximum Gasteiger partial charge on any atom is 0.317 e. The van der Waals surface area contributed by atoms with Gasteiger partial charge in [0, 0.05) is 32.7 Å². The Morgan fingerprint density at radius 2 is 1.54 bits per heavy atom. The van der Waals surface area contributed by atoms with Crippen LogP contribution in [0, 0.1) is 6.92 Å². The van der Waals surface area contributed by atoms with Gasteiger partial charge in [0.05, 0.1) is 17.6 Å². The number of hydrogen-bond acceptors (Lipinski definition) is 4. The number of amides is 2. The summed E-state index contributed by atoms with van der Waals surface area (Å²) in [5.41, 5.74) is 4.83. The Labute approximate surface area is 204 Å². The summed E-state index contributed by atoms with van der Waals surface area (Å²) >= 11 is 0. The minimum atomic E-state index is -0.107. The van der Waals surface area contributed by atoms with Gasteiger partial charge in [-0.05, 0) is 30.2 Å². The standard InChI is InChI=1S/C28H29N5O2/c1-21-11-13-22(14-12-21)19-29-28(35)32-17-15-31(16-18-32)26-27(34)33(20-23-7-3-2-4-8-23)25-10-6-5-9-24(25)30-26/h2-14H,15-20H2,1H3,(H,29,35). The Balaban J connectivity index is 1.30. The van der Waals surface area contributed by atoms with Crippen LogP contribution < -0.4 is 15.8 Å². The second-order valence-electron chi connectivity index (χ2n) is 8.92. The Morgan fingerprint density at radius 1 is 0.857 bits per heavy atom. The molecule has 4 aromatic rings. The summed E-state index contributed by atoms with van der Waals surface area (Å²) in [6.45, 7) is 5.21. The van der Waals surface area contributed by atoms with Gasteiger partial charge in [-0.15, -0.1) is 0 Å². The van der Waals surface area contributed by atoms with Crippen molar-refractivity contribution >= 4 is 22.9 Å². The van der Waals surface area contributed by atoms with E-state index in [2.05, 4.69) is 5.32 Å². The number of aromatic nitrogens is 2. The molecule has 1 aromatic heterocycles. The highest BCUT2D eigenvalue weighted by Crippen LogP contribution is 2.17. The highest BCUT2D eigenvalue weighted by Gasteiger charge is 2.24. The van der Waals surface area contributed by atoms with Crippen molar-refractivity contribution in [2.45, 2.75) is 20.0 Å². The number of nitrogens with zero attached hydrogens (tertiary/aromatic N) is 4. The molecule has 2 amide bonds. The van der Waals surface area contributed by atoms with E-state index in [0.29, 0.717) is 45.1 Å². The SMILES string of the molecule is Cc1ccc(CNC(=O)N2CCN(c3nc4ccccc4n(Cc4ccccc4)c3=O)CC2)cc1. The first kappa shape index (κ1) is 22.7. The number of nitrogens with one attached hydrogen (secondary N) is 1. The highest BCUT2D eigenvalue weighted by atomic mass is 16.2. The smallest absolute Gasteiger partial charge is 0.317 e. The number of carbonyl (C=O) groups is 1. The van der Waals surface area contributed by atoms with Gasteiger partial charge in [-0.25, -0.2) is 9.78 Å². The lowest BCUT2D eigenvalue weighted by molar-refractivity contribution is 0.193. The Morgan fingerprint density at radius 3 is 2.29 bits per heavy atom. The van der Waals surface area contributed by atoms with Gasteiger partial charge in [0.15, 0.2) is 5.82 Å². The predicted octanol–water partition coefficient (Wildman–Crippen LogP) is 3.79. The van der Waals surface area contributed by atoms with Gasteiger partial charge in [-0.1, -0.05) is 72.3 Å². The van der Waals surface area contributed by atoms with Gasteiger partial charge in [0.1, 0.15) is 0 Å². The maximum atomic E-state index is 13.6. The molecule has 35 heavy (non-hydrogen) atoms. The highest BCUT2D eigenvalue weighted by molar-refractivity contribution is 5.77. The van der Waals surface area contributed by atoms with Crippen molar-refractivity contribution in [3.63, 3.8) is 0 Å². The summed E-state index contributed by atoms with van der Waals surface area (Å²) in [5.74, 6) is 0.444. The molecule has 1 N–H and O–H groups in total. The molecule has 0 unspecified atom stereocenters. The van der Waals surface area contributed by atoms with Gasteiger partial charge in [0.25, 0.3) is 5.56 Å². The second-order valence-corrected chi connectivity index (χ2v) is 8.92. The second kappa shape index (κ2) is 10.0. The largest absolute Gasteiger partial charge is 0.348 e. The number of rotatable bonds is 5. The van der Waals surface area contributed by atoms with Crippen LogP contribution in [0.1, 0.15) is 16.7 Å². The molecule has 0 saturated carbocycles. The number of anilines is 1. The molecule has 0 radical (unpaired) electrons. The van der Waals surface area contributed by atoms with E-state index >= 15 is 0 Å². The maximum absolute atomic E-state index is 13.6. The lowest BCUT2D eigenvalue weighted by Crippen LogP contribution is -2.53. The summed E-state index contributed by atoms with van der Waals surface area (Å²) < 4.78 is 1.80. The van der Waals surface area contributed by atoms with Crippen LogP contribution in [0.15, 0.2) is 83.7 Å². The van der Waals surface area contributed by atoms with Crippen LogP contribution in [0.2, 0.25) is 0 Å². The molecule has 5 rings (SSSR count). The zero-order valence-electron chi connectivity index (χ0n) is 19.9. The summed E-state index contributed by atoms with van der Waals surface area (Å²) in [6, 6.07) is 25.8. The van der Waals surface area contributed by atoms with Crippen LogP contribution in [0.4, 0.5) is 10.6 Å². The predicted molar refractivity (Wildman–Crippen MR) is 139 cm³/mol. The first-order valence-electron chi connectivity index (χ1n) is 12.0. The van der Waals surface area contributed by atoms with E-state index in [-0.39, 0.29) is 11.6 Å². The third kappa shape index (κ3) is 5.04. The molecular weight excluding hydrogens is 438 g/mol. The number of urea groups is 1. The van der Waals surface area contributed by atoms with E-state index in [9.17, 15) is 9.59 Å². The molecule has 0 atom stereocenters. The van der Waals surface area contributed by atoms with Gasteiger partial charge >= 0.3 is 6.03 Å². The number of hydrogen-bond donors (Lipinski definition) is 1. The van der Waals surface area contributed by atoms with Gasteiger partial charge in [-0.3, -0.25) is 9.36 Å². The van der Waals surface area contributed by atoms with E-state index in [1.165, 1.54) is 5.56 Å². The molecule has 178 valence electrons. The quantitative estimate of drug-likeness (QED) is 0.485. The minimum absolute atomic E-state index is 0.0850. The van der Waals surface area contributed by atoms with E-state index in [1.807, 2.05) is 90.7 Å². The summed E-state index contributed by atoms with van der Waals surface area (Å²) in [7, 11) is 0. The molecule has 0 bridgehead atoms. The third-order valence-electron chi connectivity index (χ3n) is 6.45. The fourth-order valence-electron chi connectivity index (χ4n) is 4.42. The van der Waals surface area contributed by atoms with Crippen molar-refractivity contribution in [1.29, 1.82) is 0 Å². The Hall–Kier alpha value is -4.13. The van der Waals surface area contributed by atoms with Crippen LogP contribution >= 0.6 is 0 Å². The van der Waals surface area contributed by atoms with Gasteiger partial charge < -0.3 is 15.1 Å². The summed E-state index contributed by atoms with van der Waals surface area (Å²) in [5, 5.41) is 3.00. The molecule has 3 aromatic carbocycles. The number of piperazine rings is 1. The fourth-order valence-corrected chi connectivity index (χ4v) is 4.42. The Kier molecular flexibility index (Phi) is 6.48. The van der Waals surface area contributed by atoms with Crippen molar-refractivity contribution < 1.29 is 4.79 Å². The van der Waals surface area contributed by atoms with Crippen molar-refractivity contribution in [3.8, 4) is 0 Å². The first-order chi connectivity index (χ1) is 17.1. The number of para-hydroxylation sites is 2. The molecule has 0 aliphatic carbocycles. The van der Waals surface area contributed by atoms with Crippen molar-refractivity contribution in [2.75, 3.05) is 31.1 Å². The van der Waals surface area contributed by atoms with Gasteiger partial charge in [0.2, 0.25) is 0 Å². The molecule has 1 saturated heterocycles. The summed E-state index contributed by atoms with van der Waals surface area (Å²) in [4.78, 5) is 34.8. The average molecular weight is 468 g/mol. The van der Waals surface area contributed by atoms with E-state index in [0.717, 1.165) is 22.2 Å². The third-order valence-corrected chi connectivity index (χ3v) is 6.45. The van der Waals surface area contributed by atoms with E-state index < -0.39 is 0 Å². The van der Waals surface area contributed by atoms with Crippen molar-refractivity contribution in [3.05, 3.63) is 106 Å². The van der Waals surface area contributed by atoms with Crippen LogP contribution in [0.3, 0.4) is 0 Å². The number of fused-ring (bicyclic) bond motifs is 1. The molecule has 7 nitrogen and oxygen atoms in total. The molecule has 2 heterocycles. The van der Waals surface area contributed by atoms with Crippen molar-refractivity contribution in [1.82, 2.24) is 19.8 Å². The van der Waals surface area contributed by atoms with Crippen LogP contribution in [0.25, 0.3) is 11.0 Å². The topological polar surface area (TPSA) is 70.5 Å². The van der Waals surface area contributed by atoms with Crippen LogP contribution in [-0.4, -0.2) is 46.7 Å². The Bertz CT molecular complexity index is 1370. The van der Waals surface area contributed by atoms with E-state index in [4.69, 9.17) is 4.98 Å². The number of carbonyl (C=O) groups excluding carboxylic acids is 1. The van der Waals surface area contributed by atoms with E-state index in [1.54, 1.807) is 9.47 Å². The fraction of sp³-hybridized carbons (Fsp3) is 0.250. The zero-order chi connectivity index (χ0) is 24.2. The molecule has 1 aliphatic rings. The van der Waals surface area contributed by atoms with Crippen molar-refractivity contribution in [2.24, 2.45) is 0 Å².